The fourth-order valence-electron chi connectivity index (χ4n) is 9.93. The van der Waals surface area contributed by atoms with Crippen LogP contribution in [0.2, 0.25) is 0 Å². The van der Waals surface area contributed by atoms with E-state index in [1.165, 1.54) is 35.0 Å². The van der Waals surface area contributed by atoms with Crippen molar-refractivity contribution in [1.82, 2.24) is 24.1 Å². The number of hydrogen-bond donors (Lipinski definition) is 0. The lowest BCUT2D eigenvalue weighted by Crippen LogP contribution is -2.04. The average molecular weight is 1080 g/mol. The molecule has 10 aromatic carbocycles. The van der Waals surface area contributed by atoms with Gasteiger partial charge in [-0.15, -0.1) is 6.58 Å². The standard InChI is InChI=1S/C51H31N7O4.C13H12FN.C3H6.C2H6/c59-57(60)38-23-17-32(18-24-38)49-52-50(33-19-25-39(26-20-33)58(61)62)54-51(53-49)36-9-8-12-40(29-36)56-45-15-6-4-13-41(45)43-27-21-35(31-48(43)56)34-22-28-47-44(30-34)42-14-5-7-16-46(42)55(47)37-10-2-1-3-11-37;1-11-7-5-6-10-13(11)15(14)12-8-3-2-4-9-12;1-3-2;1-2/h1-31H;2-10H,1H3;3H,1H2,2H3;1-2H3. The summed E-state index contributed by atoms with van der Waals surface area (Å²) in [7, 11) is 0. The van der Waals surface area contributed by atoms with Crippen LogP contribution >= 0.6 is 0 Å². The molecular weight excluding hydrogens is 1020 g/mol. The number of nitrogens with zero attached hydrogens (tertiary/aromatic N) is 8. The molecule has 13 aromatic rings. The van der Waals surface area contributed by atoms with Gasteiger partial charge in [-0.3, -0.25) is 20.2 Å². The van der Waals surface area contributed by atoms with Crippen LogP contribution in [0.5, 0.6) is 0 Å². The molecule has 0 amide bonds. The van der Waals surface area contributed by atoms with E-state index in [0.717, 1.165) is 60.9 Å². The Kier molecular flexibility index (Phi) is 16.2. The van der Waals surface area contributed by atoms with Crippen molar-refractivity contribution in [2.45, 2.75) is 27.7 Å². The molecule has 13 rings (SSSR count). The van der Waals surface area contributed by atoms with Crippen molar-refractivity contribution < 1.29 is 14.3 Å². The first-order valence-corrected chi connectivity index (χ1v) is 26.7. The minimum Gasteiger partial charge on any atom is -0.309 e. The molecule has 12 nitrogen and oxygen atoms in total. The smallest absolute Gasteiger partial charge is 0.269 e. The van der Waals surface area contributed by atoms with E-state index in [-0.39, 0.29) is 11.4 Å². The monoisotopic (exact) mass is 1080 g/mol. The average Bonchev–Trinajstić information content (AvgIpc) is 3.21. The number of non-ortho nitro benzene ring substituents is 2. The fraction of sp³-hybridized carbons (Fsp3) is 0.0580. The first-order chi connectivity index (χ1) is 40.1. The highest BCUT2D eigenvalue weighted by Crippen LogP contribution is 2.39. The van der Waals surface area contributed by atoms with E-state index >= 15 is 0 Å². The minimum atomic E-state index is -0.460. The molecule has 0 saturated carbocycles. The van der Waals surface area contributed by atoms with Gasteiger partial charge in [0.2, 0.25) is 0 Å². The quantitative estimate of drug-likeness (QED) is 0.0571. The first-order valence-electron chi connectivity index (χ1n) is 26.7. The lowest BCUT2D eigenvalue weighted by atomic mass is 10.0. The molecule has 0 aliphatic rings. The number of anilines is 2. The highest BCUT2D eigenvalue weighted by atomic mass is 19.2. The molecule has 0 bridgehead atoms. The lowest BCUT2D eigenvalue weighted by molar-refractivity contribution is -0.385. The third-order valence-corrected chi connectivity index (χ3v) is 13.7. The summed E-state index contributed by atoms with van der Waals surface area (Å²) in [5, 5.41) is 28.2. The maximum absolute atomic E-state index is 14.0. The normalized spacial score (nSPS) is 10.7. The number of benzene rings is 10. The molecule has 3 heterocycles. The summed E-state index contributed by atoms with van der Waals surface area (Å²) in [6, 6.07) is 77.1. The Bertz CT molecular complexity index is 4350. The zero-order chi connectivity index (χ0) is 57.3. The molecule has 402 valence electrons. The highest BCUT2D eigenvalue weighted by molar-refractivity contribution is 6.12. The van der Waals surface area contributed by atoms with Crippen LogP contribution in [0.25, 0.3) is 100 Å². The Balaban J connectivity index is 0.000000321. The third-order valence-electron chi connectivity index (χ3n) is 13.7. The maximum Gasteiger partial charge on any atom is 0.269 e. The van der Waals surface area contributed by atoms with Crippen LogP contribution in [0.3, 0.4) is 0 Å². The van der Waals surface area contributed by atoms with E-state index in [0.29, 0.717) is 50.7 Å². The van der Waals surface area contributed by atoms with E-state index in [1.54, 1.807) is 48.5 Å². The van der Waals surface area contributed by atoms with Gasteiger partial charge in [0, 0.05) is 73.9 Å². The van der Waals surface area contributed by atoms with Crippen molar-refractivity contribution in [2.24, 2.45) is 0 Å². The Morgan fingerprint density at radius 1 is 0.439 bits per heavy atom. The topological polar surface area (TPSA) is 138 Å². The molecule has 0 spiro atoms. The molecule has 13 heteroatoms. The Hall–Kier alpha value is -10.9. The van der Waals surface area contributed by atoms with Crippen molar-refractivity contribution in [1.29, 1.82) is 0 Å². The second-order valence-electron chi connectivity index (χ2n) is 18.8. The molecule has 0 radical (unpaired) electrons. The second-order valence-corrected chi connectivity index (χ2v) is 18.8. The van der Waals surface area contributed by atoms with Crippen molar-refractivity contribution in [3.8, 4) is 56.7 Å². The van der Waals surface area contributed by atoms with Gasteiger partial charge in [0.15, 0.2) is 17.5 Å². The van der Waals surface area contributed by atoms with E-state index in [2.05, 4.69) is 125 Å². The molecule has 0 unspecified atom stereocenters. The number of fused-ring (bicyclic) bond motifs is 6. The second kappa shape index (κ2) is 24.4. The van der Waals surface area contributed by atoms with Gasteiger partial charge in [0.1, 0.15) is 0 Å². The summed E-state index contributed by atoms with van der Waals surface area (Å²) < 4.78 is 18.5. The number of allylic oxidation sites excluding steroid dienone is 1. The summed E-state index contributed by atoms with van der Waals surface area (Å²) >= 11 is 0. The zero-order valence-electron chi connectivity index (χ0n) is 45.5. The van der Waals surface area contributed by atoms with E-state index in [4.69, 9.17) is 15.0 Å². The molecule has 0 aliphatic carbocycles. The molecule has 0 aliphatic heterocycles. The molecule has 0 N–H and O–H groups in total. The van der Waals surface area contributed by atoms with Crippen LogP contribution in [0.1, 0.15) is 26.3 Å². The van der Waals surface area contributed by atoms with E-state index in [9.17, 15) is 24.7 Å². The van der Waals surface area contributed by atoms with Crippen molar-refractivity contribution in [2.75, 3.05) is 5.12 Å². The number of hydrogen-bond acceptors (Lipinski definition) is 8. The van der Waals surface area contributed by atoms with Gasteiger partial charge in [-0.2, -0.15) is 5.12 Å². The van der Waals surface area contributed by atoms with Crippen LogP contribution < -0.4 is 5.12 Å². The SMILES string of the molecule is C=CC.CC.Cc1ccccc1N(F)c1ccccc1.O=[N+]([O-])c1ccc(-c2nc(-c3ccc([N+](=O)[O-])cc3)nc(-c3cccc(-n4c5ccccc5c5ccc(-c6ccc7c(c6)c6ccccc6n7-c6ccccc6)cc54)c3)n2)cc1. The lowest BCUT2D eigenvalue weighted by Gasteiger charge is -2.15. The third kappa shape index (κ3) is 11.1. The van der Waals surface area contributed by atoms with Crippen LogP contribution in [0.4, 0.5) is 27.2 Å². The molecule has 0 saturated heterocycles. The predicted molar refractivity (Wildman–Crippen MR) is 332 cm³/mol. The van der Waals surface area contributed by atoms with Crippen LogP contribution in [-0.4, -0.2) is 33.9 Å². The van der Waals surface area contributed by atoms with E-state index < -0.39 is 9.85 Å². The number of halogens is 1. The number of aryl methyl sites for hydroxylation is 1. The van der Waals surface area contributed by atoms with Crippen molar-refractivity contribution in [3.63, 3.8) is 0 Å². The summed E-state index contributed by atoms with van der Waals surface area (Å²) in [6.07, 6.45) is 1.75. The minimum absolute atomic E-state index is 0.0585. The van der Waals surface area contributed by atoms with Gasteiger partial charge in [-0.25, -0.2) is 15.0 Å². The van der Waals surface area contributed by atoms with Crippen LogP contribution in [0.15, 0.2) is 255 Å². The molecule has 82 heavy (non-hydrogen) atoms. The number of nitro benzene ring substituents is 2. The predicted octanol–water partition coefficient (Wildman–Crippen LogP) is 18.8. The first kappa shape index (κ1) is 54.4. The molecule has 0 fully saturated rings. The number of nitro groups is 2. The van der Waals surface area contributed by atoms with Gasteiger partial charge in [-0.1, -0.05) is 146 Å². The Morgan fingerprint density at radius 3 is 1.44 bits per heavy atom. The van der Waals surface area contributed by atoms with Crippen molar-refractivity contribution in [3.05, 3.63) is 281 Å². The molecular formula is C69H55FN8O4. The van der Waals surface area contributed by atoms with Crippen LogP contribution in [0, 0.1) is 27.2 Å². The highest BCUT2D eigenvalue weighted by Gasteiger charge is 2.19. The number of aromatic nitrogens is 5. The summed E-state index contributed by atoms with van der Waals surface area (Å²) in [5.41, 5.74) is 12.3. The van der Waals surface area contributed by atoms with Crippen LogP contribution in [-0.2, 0) is 0 Å². The summed E-state index contributed by atoms with van der Waals surface area (Å²) in [4.78, 5) is 36.4. The van der Waals surface area contributed by atoms with Crippen molar-refractivity contribution >= 4 is 66.4 Å². The number of rotatable bonds is 10. The zero-order valence-corrected chi connectivity index (χ0v) is 45.5. The number of para-hydroxylation sites is 5. The van der Waals surface area contributed by atoms with Gasteiger partial charge >= 0.3 is 0 Å². The molecule has 0 atom stereocenters. The Morgan fingerprint density at radius 2 is 0.866 bits per heavy atom. The fourth-order valence-corrected chi connectivity index (χ4v) is 9.93. The summed E-state index contributed by atoms with van der Waals surface area (Å²) in [5.74, 6) is 0.969. The maximum atomic E-state index is 14.0. The largest absolute Gasteiger partial charge is 0.309 e. The Labute approximate surface area is 473 Å². The van der Waals surface area contributed by atoms with Gasteiger partial charge in [0.05, 0.1) is 43.3 Å². The molecule has 3 aromatic heterocycles. The van der Waals surface area contributed by atoms with Gasteiger partial charge in [-0.05, 0) is 128 Å². The van der Waals surface area contributed by atoms with Gasteiger partial charge in [0.25, 0.3) is 11.4 Å². The summed E-state index contributed by atoms with van der Waals surface area (Å²) in [6.45, 7) is 11.1. The van der Waals surface area contributed by atoms with E-state index in [1.807, 2.05) is 94.4 Å². The van der Waals surface area contributed by atoms with Gasteiger partial charge < -0.3 is 9.13 Å².